The molecule has 1 saturated carbocycles. The zero-order chi connectivity index (χ0) is 25.2. The summed E-state index contributed by atoms with van der Waals surface area (Å²) in [5.74, 6) is 0.396. The highest BCUT2D eigenvalue weighted by Gasteiger charge is 2.52. The molecule has 0 aromatic heterocycles. The van der Waals surface area contributed by atoms with Crippen molar-refractivity contribution in [2.24, 2.45) is 5.92 Å². The van der Waals surface area contributed by atoms with E-state index in [1.165, 1.54) is 6.92 Å². The molecule has 1 saturated heterocycles. The van der Waals surface area contributed by atoms with Gasteiger partial charge >= 0.3 is 5.97 Å². The number of carbonyl (C=O) groups excluding carboxylic acids is 2. The molecule has 1 heterocycles. The summed E-state index contributed by atoms with van der Waals surface area (Å²) in [6.07, 6.45) is 2.68. The standard InChI is InChI=1S/C27H32Cl2N2O4/c1-17(32)35-21-6-4-5-19(13-21)27-9-10-31(2)16-22(27)25(34-3)14-20(15-27)30-26(33)12-18-7-8-23(28)24(29)11-18/h4-8,11,13,20,22,25H,9-10,12,14-16H2,1-3H3,(H,30,33)/t20-,22-,25?,27-/m0/s1. The van der Waals surface area contributed by atoms with E-state index in [0.717, 1.165) is 43.5 Å². The Hall–Kier alpha value is -2.12. The second kappa shape index (κ2) is 10.9. The van der Waals surface area contributed by atoms with Crippen molar-refractivity contribution in [1.29, 1.82) is 0 Å². The summed E-state index contributed by atoms with van der Waals surface area (Å²) in [7, 11) is 3.89. The normalized spacial score (nSPS) is 26.6. The van der Waals surface area contributed by atoms with Crippen molar-refractivity contribution in [3.63, 3.8) is 0 Å². The quantitative estimate of drug-likeness (QED) is 0.445. The number of halogens is 2. The molecular weight excluding hydrogens is 487 g/mol. The average molecular weight is 519 g/mol. The van der Waals surface area contributed by atoms with Crippen LogP contribution < -0.4 is 10.1 Å². The number of hydrogen-bond acceptors (Lipinski definition) is 5. The lowest BCUT2D eigenvalue weighted by Gasteiger charge is -2.55. The first-order valence-corrected chi connectivity index (χ1v) is 12.7. The summed E-state index contributed by atoms with van der Waals surface area (Å²) in [5.41, 5.74) is 1.74. The minimum absolute atomic E-state index is 0.0147. The highest BCUT2D eigenvalue weighted by atomic mass is 35.5. The number of fused-ring (bicyclic) bond motifs is 1. The maximum Gasteiger partial charge on any atom is 0.308 e. The zero-order valence-corrected chi connectivity index (χ0v) is 21.9. The Bertz CT molecular complexity index is 1090. The van der Waals surface area contributed by atoms with Crippen molar-refractivity contribution < 1.29 is 19.1 Å². The molecule has 8 heteroatoms. The fourth-order valence-corrected chi connectivity index (χ4v) is 6.19. The van der Waals surface area contributed by atoms with E-state index in [1.54, 1.807) is 25.3 Å². The lowest BCUT2D eigenvalue weighted by Crippen LogP contribution is -2.60. The number of hydrogen-bond donors (Lipinski definition) is 1. The van der Waals surface area contributed by atoms with Gasteiger partial charge < -0.3 is 19.7 Å². The van der Waals surface area contributed by atoms with Gasteiger partial charge in [-0.1, -0.05) is 41.4 Å². The Morgan fingerprint density at radius 1 is 1.17 bits per heavy atom. The van der Waals surface area contributed by atoms with Crippen LogP contribution >= 0.6 is 23.2 Å². The van der Waals surface area contributed by atoms with Crippen LogP contribution in [-0.2, 0) is 26.2 Å². The van der Waals surface area contributed by atoms with Gasteiger partial charge in [-0.2, -0.15) is 0 Å². The summed E-state index contributed by atoms with van der Waals surface area (Å²) in [4.78, 5) is 26.9. The van der Waals surface area contributed by atoms with Crippen LogP contribution in [0.4, 0.5) is 0 Å². The molecule has 0 bridgehead atoms. The molecule has 2 aromatic rings. The molecule has 0 spiro atoms. The van der Waals surface area contributed by atoms with Gasteiger partial charge in [-0.15, -0.1) is 0 Å². The van der Waals surface area contributed by atoms with Crippen LogP contribution in [0.25, 0.3) is 0 Å². The number of methoxy groups -OCH3 is 1. The van der Waals surface area contributed by atoms with E-state index < -0.39 is 0 Å². The lowest BCUT2D eigenvalue weighted by atomic mass is 9.57. The number of nitrogens with zero attached hydrogens (tertiary/aromatic N) is 1. The monoisotopic (exact) mass is 518 g/mol. The fraction of sp³-hybridized carbons (Fsp3) is 0.481. The van der Waals surface area contributed by atoms with Crippen molar-refractivity contribution in [3.8, 4) is 5.75 Å². The van der Waals surface area contributed by atoms with Gasteiger partial charge in [0.25, 0.3) is 0 Å². The van der Waals surface area contributed by atoms with Crippen molar-refractivity contribution in [2.75, 3.05) is 27.2 Å². The second-order valence-electron chi connectivity index (χ2n) is 9.80. The average Bonchev–Trinajstić information content (AvgIpc) is 2.81. The van der Waals surface area contributed by atoms with E-state index in [1.807, 2.05) is 18.2 Å². The number of piperidine rings is 1. The summed E-state index contributed by atoms with van der Waals surface area (Å²) in [6.45, 7) is 3.25. The van der Waals surface area contributed by atoms with Gasteiger partial charge in [0, 0.05) is 38.0 Å². The second-order valence-corrected chi connectivity index (χ2v) is 10.6. The first kappa shape index (κ1) is 26.0. The van der Waals surface area contributed by atoms with Gasteiger partial charge in [-0.05, 0) is 68.2 Å². The summed E-state index contributed by atoms with van der Waals surface area (Å²) >= 11 is 12.1. The Morgan fingerprint density at radius 2 is 1.97 bits per heavy atom. The molecule has 4 atom stereocenters. The smallest absolute Gasteiger partial charge is 0.308 e. The van der Waals surface area contributed by atoms with Gasteiger partial charge in [-0.3, -0.25) is 9.59 Å². The minimum Gasteiger partial charge on any atom is -0.427 e. The van der Waals surface area contributed by atoms with E-state index in [9.17, 15) is 9.59 Å². The third-order valence-corrected chi connectivity index (χ3v) is 8.16. The van der Waals surface area contributed by atoms with E-state index in [0.29, 0.717) is 15.8 Å². The van der Waals surface area contributed by atoms with Crippen LogP contribution in [-0.4, -0.2) is 56.2 Å². The highest BCUT2D eigenvalue weighted by Crippen LogP contribution is 2.50. The molecular formula is C27H32Cl2N2O4. The Balaban J connectivity index is 1.60. The Labute approximate surface area is 216 Å². The van der Waals surface area contributed by atoms with Crippen molar-refractivity contribution in [3.05, 3.63) is 63.6 Å². The molecule has 35 heavy (non-hydrogen) atoms. The van der Waals surface area contributed by atoms with Gasteiger partial charge in [0.2, 0.25) is 5.91 Å². The maximum absolute atomic E-state index is 13.0. The van der Waals surface area contributed by atoms with E-state index in [-0.39, 0.29) is 41.8 Å². The van der Waals surface area contributed by atoms with Gasteiger partial charge in [0.1, 0.15) is 5.75 Å². The summed E-state index contributed by atoms with van der Waals surface area (Å²) in [5, 5.41) is 4.17. The molecule has 1 aliphatic heterocycles. The topological polar surface area (TPSA) is 67.9 Å². The van der Waals surface area contributed by atoms with E-state index >= 15 is 0 Å². The van der Waals surface area contributed by atoms with E-state index in [4.69, 9.17) is 32.7 Å². The number of amides is 1. The Kier molecular flexibility index (Phi) is 8.06. The van der Waals surface area contributed by atoms with Crippen LogP contribution in [0.5, 0.6) is 5.75 Å². The molecule has 2 aromatic carbocycles. The van der Waals surface area contributed by atoms with Crippen LogP contribution in [0.15, 0.2) is 42.5 Å². The number of carbonyl (C=O) groups is 2. The number of benzene rings is 2. The maximum atomic E-state index is 13.0. The molecule has 1 amide bonds. The molecule has 188 valence electrons. The number of rotatable bonds is 6. The van der Waals surface area contributed by atoms with Crippen LogP contribution in [0, 0.1) is 5.92 Å². The molecule has 4 rings (SSSR count). The predicted octanol–water partition coefficient (Wildman–Crippen LogP) is 4.64. The van der Waals surface area contributed by atoms with E-state index in [2.05, 4.69) is 23.3 Å². The molecule has 6 nitrogen and oxygen atoms in total. The predicted molar refractivity (Wildman–Crippen MR) is 137 cm³/mol. The molecule has 1 N–H and O–H groups in total. The summed E-state index contributed by atoms with van der Waals surface area (Å²) < 4.78 is 11.4. The molecule has 2 aliphatic rings. The van der Waals surface area contributed by atoms with Gasteiger partial charge in [0.15, 0.2) is 0 Å². The van der Waals surface area contributed by atoms with Crippen molar-refractivity contribution in [1.82, 2.24) is 10.2 Å². The Morgan fingerprint density at radius 3 is 2.69 bits per heavy atom. The molecule has 0 radical (unpaired) electrons. The van der Waals surface area contributed by atoms with Gasteiger partial charge in [-0.25, -0.2) is 0 Å². The molecule has 1 aliphatic carbocycles. The first-order valence-electron chi connectivity index (χ1n) is 11.9. The van der Waals surface area contributed by atoms with Gasteiger partial charge in [0.05, 0.1) is 22.6 Å². The van der Waals surface area contributed by atoms with Crippen molar-refractivity contribution >= 4 is 35.1 Å². The fourth-order valence-electron chi connectivity index (χ4n) is 5.87. The first-order chi connectivity index (χ1) is 16.7. The molecule has 2 fully saturated rings. The third-order valence-electron chi connectivity index (χ3n) is 7.42. The van der Waals surface area contributed by atoms with Crippen LogP contribution in [0.2, 0.25) is 10.0 Å². The van der Waals surface area contributed by atoms with Crippen molar-refractivity contribution in [2.45, 2.75) is 50.2 Å². The lowest BCUT2D eigenvalue weighted by molar-refractivity contribution is -0.132. The minimum atomic E-state index is -0.342. The SMILES string of the molecule is COC1C[C@H](NC(=O)Cc2ccc(Cl)c(Cl)c2)C[C@]2(c3cccc(OC(C)=O)c3)CCN(C)C[C@@H]12. The highest BCUT2D eigenvalue weighted by molar-refractivity contribution is 6.42. The zero-order valence-electron chi connectivity index (χ0n) is 20.4. The summed E-state index contributed by atoms with van der Waals surface area (Å²) in [6, 6.07) is 13.0. The number of likely N-dealkylation sites (tertiary alicyclic amines) is 1. The van der Waals surface area contributed by atoms with Crippen LogP contribution in [0.3, 0.4) is 0 Å². The number of esters is 1. The van der Waals surface area contributed by atoms with Crippen LogP contribution in [0.1, 0.15) is 37.3 Å². The molecule has 1 unspecified atom stereocenters. The third kappa shape index (κ3) is 5.83. The number of ether oxygens (including phenoxy) is 2. The largest absolute Gasteiger partial charge is 0.427 e. The number of nitrogens with one attached hydrogen (secondary N) is 1.